The van der Waals surface area contributed by atoms with Crippen molar-refractivity contribution in [1.29, 1.82) is 0 Å². The summed E-state index contributed by atoms with van der Waals surface area (Å²) in [5.74, 6) is 0. The topological polar surface area (TPSA) is 35.1 Å². The molecule has 3 aromatic rings. The Balaban J connectivity index is 2.18. The van der Waals surface area contributed by atoms with E-state index in [2.05, 4.69) is 49.2 Å². The molecule has 0 N–H and O–H groups in total. The smallest absolute Gasteiger partial charge is 0.162 e. The molecule has 1 aromatic carbocycles. The Morgan fingerprint density at radius 3 is 2.44 bits per heavy atom. The average molecular weight is 240 g/mol. The van der Waals surface area contributed by atoms with Crippen LogP contribution in [0.15, 0.2) is 42.7 Å². The number of fused-ring (bicyclic) bond motifs is 1. The third-order valence-electron chi connectivity index (χ3n) is 3.00. The van der Waals surface area contributed by atoms with E-state index < -0.39 is 0 Å². The summed E-state index contributed by atoms with van der Waals surface area (Å²) in [6, 6.07) is 12.3. The Labute approximate surface area is 106 Å². The number of aromatic nitrogens is 4. The van der Waals surface area contributed by atoms with Crippen LogP contribution in [-0.2, 0) is 5.41 Å². The van der Waals surface area contributed by atoms with Crippen molar-refractivity contribution in [2.75, 3.05) is 0 Å². The van der Waals surface area contributed by atoms with Crippen molar-refractivity contribution in [3.8, 4) is 5.69 Å². The Morgan fingerprint density at radius 1 is 1.06 bits per heavy atom. The molecule has 2 aromatic heterocycles. The molecule has 0 amide bonds. The van der Waals surface area contributed by atoms with Crippen molar-refractivity contribution < 1.29 is 0 Å². The SMILES string of the molecule is CC(C)(C)c1cc2n(-c3ccccc3)cnn2n1. The zero-order valence-corrected chi connectivity index (χ0v) is 10.8. The van der Waals surface area contributed by atoms with Crippen LogP contribution in [-0.4, -0.2) is 19.4 Å². The number of hydrogen-bond donors (Lipinski definition) is 0. The number of nitrogens with zero attached hydrogens (tertiary/aromatic N) is 4. The summed E-state index contributed by atoms with van der Waals surface area (Å²) in [7, 11) is 0. The highest BCUT2D eigenvalue weighted by Gasteiger charge is 2.19. The average Bonchev–Trinajstić information content (AvgIpc) is 2.88. The van der Waals surface area contributed by atoms with Crippen molar-refractivity contribution in [3.05, 3.63) is 48.4 Å². The number of benzene rings is 1. The van der Waals surface area contributed by atoms with Gasteiger partial charge in [0.2, 0.25) is 0 Å². The quantitative estimate of drug-likeness (QED) is 0.655. The van der Waals surface area contributed by atoms with Gasteiger partial charge in [0.1, 0.15) is 6.33 Å². The zero-order chi connectivity index (χ0) is 12.8. The molecule has 3 rings (SSSR count). The van der Waals surface area contributed by atoms with Gasteiger partial charge in [-0.25, -0.2) is 0 Å². The molecule has 0 aliphatic rings. The van der Waals surface area contributed by atoms with E-state index in [1.165, 1.54) is 0 Å². The van der Waals surface area contributed by atoms with Crippen LogP contribution in [0.2, 0.25) is 0 Å². The van der Waals surface area contributed by atoms with Crippen molar-refractivity contribution in [3.63, 3.8) is 0 Å². The molecule has 4 nitrogen and oxygen atoms in total. The Kier molecular flexibility index (Phi) is 2.26. The van der Waals surface area contributed by atoms with Crippen molar-refractivity contribution >= 4 is 5.65 Å². The van der Waals surface area contributed by atoms with Gasteiger partial charge < -0.3 is 0 Å². The van der Waals surface area contributed by atoms with Gasteiger partial charge in [0.05, 0.1) is 5.69 Å². The van der Waals surface area contributed by atoms with Crippen LogP contribution in [0.5, 0.6) is 0 Å². The van der Waals surface area contributed by atoms with Gasteiger partial charge in [-0.1, -0.05) is 39.0 Å². The normalized spacial score (nSPS) is 12.2. The maximum absolute atomic E-state index is 4.51. The molecular weight excluding hydrogens is 224 g/mol. The second-order valence-corrected chi connectivity index (χ2v) is 5.46. The number of hydrogen-bond acceptors (Lipinski definition) is 2. The maximum atomic E-state index is 4.51. The molecule has 0 fully saturated rings. The van der Waals surface area contributed by atoms with Gasteiger partial charge >= 0.3 is 0 Å². The third kappa shape index (κ3) is 1.70. The van der Waals surface area contributed by atoms with Gasteiger partial charge in [0.25, 0.3) is 0 Å². The summed E-state index contributed by atoms with van der Waals surface area (Å²) in [6.07, 6.45) is 1.80. The van der Waals surface area contributed by atoms with E-state index in [0.717, 1.165) is 17.0 Å². The first-order valence-electron chi connectivity index (χ1n) is 6.05. The highest BCUT2D eigenvalue weighted by Crippen LogP contribution is 2.22. The third-order valence-corrected chi connectivity index (χ3v) is 3.00. The molecule has 0 unspecified atom stereocenters. The van der Waals surface area contributed by atoms with Crippen LogP contribution in [0.4, 0.5) is 0 Å². The summed E-state index contributed by atoms with van der Waals surface area (Å²) in [5, 5.41) is 8.81. The molecule has 0 saturated heterocycles. The molecule has 0 saturated carbocycles. The predicted molar refractivity (Wildman–Crippen MR) is 71.0 cm³/mol. The van der Waals surface area contributed by atoms with Gasteiger partial charge in [-0.15, -0.1) is 9.73 Å². The summed E-state index contributed by atoms with van der Waals surface area (Å²) in [6.45, 7) is 6.46. The minimum Gasteiger partial charge on any atom is -0.282 e. The molecule has 0 spiro atoms. The molecule has 92 valence electrons. The van der Waals surface area contributed by atoms with E-state index in [9.17, 15) is 0 Å². The molecule has 2 heterocycles. The second kappa shape index (κ2) is 3.70. The van der Waals surface area contributed by atoms with E-state index in [-0.39, 0.29) is 5.41 Å². The molecule has 0 atom stereocenters. The maximum Gasteiger partial charge on any atom is 0.162 e. The zero-order valence-electron chi connectivity index (χ0n) is 10.8. The van der Waals surface area contributed by atoms with Crippen LogP contribution >= 0.6 is 0 Å². The minimum atomic E-state index is 0.0369. The lowest BCUT2D eigenvalue weighted by Crippen LogP contribution is -2.12. The molecule has 4 heteroatoms. The monoisotopic (exact) mass is 240 g/mol. The second-order valence-electron chi connectivity index (χ2n) is 5.46. The lowest BCUT2D eigenvalue weighted by atomic mass is 9.93. The lowest BCUT2D eigenvalue weighted by molar-refractivity contribution is 0.557. The summed E-state index contributed by atoms with van der Waals surface area (Å²) in [5.41, 5.74) is 3.18. The fourth-order valence-corrected chi connectivity index (χ4v) is 1.93. The Morgan fingerprint density at radius 2 is 1.78 bits per heavy atom. The first kappa shape index (κ1) is 11.0. The van der Waals surface area contributed by atoms with Crippen molar-refractivity contribution in [2.24, 2.45) is 0 Å². The van der Waals surface area contributed by atoms with E-state index in [4.69, 9.17) is 0 Å². The molecule has 0 radical (unpaired) electrons. The van der Waals surface area contributed by atoms with Gasteiger partial charge in [0, 0.05) is 17.2 Å². The van der Waals surface area contributed by atoms with Gasteiger partial charge in [-0.05, 0) is 12.1 Å². The van der Waals surface area contributed by atoms with Crippen LogP contribution < -0.4 is 0 Å². The highest BCUT2D eigenvalue weighted by atomic mass is 15.5. The van der Waals surface area contributed by atoms with Gasteiger partial charge in [-0.2, -0.15) is 5.10 Å². The van der Waals surface area contributed by atoms with E-state index in [1.54, 1.807) is 11.0 Å². The largest absolute Gasteiger partial charge is 0.282 e. The molecule has 0 aliphatic carbocycles. The van der Waals surface area contributed by atoms with E-state index in [1.807, 2.05) is 22.8 Å². The van der Waals surface area contributed by atoms with Crippen molar-refractivity contribution in [1.82, 2.24) is 19.4 Å². The lowest BCUT2D eigenvalue weighted by Gasteiger charge is -2.13. The van der Waals surface area contributed by atoms with Crippen molar-refractivity contribution in [2.45, 2.75) is 26.2 Å². The van der Waals surface area contributed by atoms with Crippen LogP contribution in [0.25, 0.3) is 11.3 Å². The highest BCUT2D eigenvalue weighted by molar-refractivity contribution is 5.49. The Bertz CT molecular complexity index is 671. The van der Waals surface area contributed by atoms with Crippen LogP contribution in [0, 0.1) is 0 Å². The number of rotatable bonds is 1. The molecule has 18 heavy (non-hydrogen) atoms. The fourth-order valence-electron chi connectivity index (χ4n) is 1.93. The summed E-state index contributed by atoms with van der Waals surface area (Å²) in [4.78, 5) is 0. The first-order chi connectivity index (χ1) is 8.55. The molecule has 0 bridgehead atoms. The summed E-state index contributed by atoms with van der Waals surface area (Å²) < 4.78 is 3.73. The minimum absolute atomic E-state index is 0.0369. The van der Waals surface area contributed by atoms with Gasteiger partial charge in [-0.3, -0.25) is 4.57 Å². The van der Waals surface area contributed by atoms with E-state index >= 15 is 0 Å². The van der Waals surface area contributed by atoms with E-state index in [0.29, 0.717) is 0 Å². The number of para-hydroxylation sites is 1. The van der Waals surface area contributed by atoms with Gasteiger partial charge in [0.15, 0.2) is 5.65 Å². The standard InChI is InChI=1S/C14H16N4/c1-14(2,3)12-9-13-17(10-15-18(13)16-12)11-7-5-4-6-8-11/h4-10H,1-3H3. The molecular formula is C14H16N4. The fraction of sp³-hybridized carbons (Fsp3) is 0.286. The van der Waals surface area contributed by atoms with Crippen LogP contribution in [0.1, 0.15) is 26.5 Å². The summed E-state index contributed by atoms with van der Waals surface area (Å²) >= 11 is 0. The first-order valence-corrected chi connectivity index (χ1v) is 6.05. The predicted octanol–water partition coefficient (Wildman–Crippen LogP) is 2.82. The molecule has 0 aliphatic heterocycles. The Hall–Kier alpha value is -2.10. The van der Waals surface area contributed by atoms with Crippen LogP contribution in [0.3, 0.4) is 0 Å².